The molecular weight excluding hydrogens is 248 g/mol. The van der Waals surface area contributed by atoms with Crippen LogP contribution in [0.15, 0.2) is 18.2 Å². The summed E-state index contributed by atoms with van der Waals surface area (Å²) < 4.78 is 10.8. The fourth-order valence-electron chi connectivity index (χ4n) is 2.60. The van der Waals surface area contributed by atoms with Crippen LogP contribution in [-0.4, -0.2) is 14.2 Å². The average molecular weight is 278 g/mol. The van der Waals surface area contributed by atoms with Gasteiger partial charge in [0, 0.05) is 0 Å². The maximum absolute atomic E-state index is 5.46. The maximum Gasteiger partial charge on any atom is 0.163 e. The molecule has 0 heterocycles. The van der Waals surface area contributed by atoms with Gasteiger partial charge in [0.05, 0.1) is 14.2 Å². The number of unbranched alkanes of at least 4 members (excludes halogenated alkanes) is 7. The first-order valence-corrected chi connectivity index (χ1v) is 8.03. The van der Waals surface area contributed by atoms with Crippen molar-refractivity contribution in [2.45, 2.75) is 64.7 Å². The van der Waals surface area contributed by atoms with Crippen molar-refractivity contribution in [3.63, 3.8) is 0 Å². The van der Waals surface area contributed by atoms with Gasteiger partial charge in [0.25, 0.3) is 0 Å². The Morgan fingerprint density at radius 2 is 1.45 bits per heavy atom. The minimum Gasteiger partial charge on any atom is -0.493 e. The summed E-state index contributed by atoms with van der Waals surface area (Å²) in [6.07, 6.45) is 11.9. The van der Waals surface area contributed by atoms with E-state index in [1.54, 1.807) is 14.2 Å². The Hall–Kier alpha value is -1.18. The quantitative estimate of drug-likeness (QED) is 0.505. The van der Waals surface area contributed by atoms with Gasteiger partial charge in [-0.15, -0.1) is 0 Å². The van der Waals surface area contributed by atoms with E-state index in [1.165, 1.54) is 56.9 Å². The molecule has 0 radical (unpaired) electrons. The lowest BCUT2D eigenvalue weighted by atomic mass is 10.0. The van der Waals surface area contributed by atoms with Crippen LogP contribution < -0.4 is 9.47 Å². The number of aryl methyl sites for hydroxylation is 1. The molecule has 0 N–H and O–H groups in total. The van der Waals surface area contributed by atoms with Crippen molar-refractivity contribution in [3.05, 3.63) is 23.8 Å². The second-order valence-corrected chi connectivity index (χ2v) is 5.38. The van der Waals surface area contributed by atoms with Gasteiger partial charge >= 0.3 is 0 Å². The van der Waals surface area contributed by atoms with E-state index in [0.717, 1.165) is 17.9 Å². The summed E-state index contributed by atoms with van der Waals surface area (Å²) in [5.74, 6) is 1.74. The first kappa shape index (κ1) is 16.9. The van der Waals surface area contributed by atoms with Crippen LogP contribution in [0.3, 0.4) is 0 Å². The van der Waals surface area contributed by atoms with Crippen LogP contribution >= 0.6 is 0 Å². The van der Waals surface area contributed by atoms with E-state index in [9.17, 15) is 0 Å². The van der Waals surface area contributed by atoms with Crippen LogP contribution in [0.5, 0.6) is 11.5 Å². The molecule has 0 bridgehead atoms. The number of rotatable bonds is 11. The second-order valence-electron chi connectivity index (χ2n) is 5.38. The van der Waals surface area contributed by atoms with Crippen LogP contribution in [0.1, 0.15) is 63.9 Å². The van der Waals surface area contributed by atoms with Crippen molar-refractivity contribution >= 4 is 0 Å². The predicted octanol–water partition coefficient (Wildman–Crippen LogP) is 5.39. The lowest BCUT2D eigenvalue weighted by molar-refractivity contribution is 0.351. The summed E-state index contributed by atoms with van der Waals surface area (Å²) in [4.78, 5) is 0. The molecule has 0 aliphatic carbocycles. The topological polar surface area (TPSA) is 18.5 Å². The van der Waals surface area contributed by atoms with Crippen LogP contribution in [0.25, 0.3) is 0 Å². The molecule has 2 nitrogen and oxygen atoms in total. The number of hydrogen-bond acceptors (Lipinski definition) is 2. The monoisotopic (exact) mass is 278 g/mol. The molecular formula is C18H30O2. The first-order chi connectivity index (χ1) is 9.83. The molecule has 0 unspecified atom stereocenters. The van der Waals surface area contributed by atoms with Crippen LogP contribution in [0, 0.1) is 0 Å². The van der Waals surface area contributed by atoms with Gasteiger partial charge in [-0.2, -0.15) is 0 Å². The summed E-state index contributed by atoms with van der Waals surface area (Å²) in [7, 11) is 3.41. The van der Waals surface area contributed by atoms with Gasteiger partial charge in [-0.05, 0) is 24.5 Å². The summed E-state index contributed by atoms with van der Waals surface area (Å²) in [6.45, 7) is 2.27. The molecule has 0 atom stereocenters. The minimum atomic E-state index is 0.838. The average Bonchev–Trinajstić information content (AvgIpc) is 2.49. The van der Waals surface area contributed by atoms with Crippen LogP contribution in [-0.2, 0) is 6.42 Å². The Bertz CT molecular complexity index is 360. The highest BCUT2D eigenvalue weighted by Gasteiger charge is 2.08. The minimum absolute atomic E-state index is 0.838. The van der Waals surface area contributed by atoms with E-state index in [2.05, 4.69) is 13.0 Å². The molecule has 20 heavy (non-hydrogen) atoms. The zero-order valence-corrected chi connectivity index (χ0v) is 13.4. The van der Waals surface area contributed by atoms with Crippen LogP contribution in [0.2, 0.25) is 0 Å². The molecule has 1 rings (SSSR count). The fraction of sp³-hybridized carbons (Fsp3) is 0.667. The van der Waals surface area contributed by atoms with Gasteiger partial charge in [0.2, 0.25) is 0 Å². The van der Waals surface area contributed by atoms with E-state index in [-0.39, 0.29) is 0 Å². The standard InChI is InChI=1S/C18H30O2/c1-4-5-6-7-8-9-10-11-13-16-14-12-15-17(19-2)18(16)20-3/h12,14-15H,4-11,13H2,1-3H3. The number of methoxy groups -OCH3 is 2. The highest BCUT2D eigenvalue weighted by atomic mass is 16.5. The lowest BCUT2D eigenvalue weighted by Crippen LogP contribution is -1.96. The second kappa shape index (κ2) is 10.6. The summed E-state index contributed by atoms with van der Waals surface area (Å²) in [6, 6.07) is 6.14. The molecule has 0 amide bonds. The fourth-order valence-corrected chi connectivity index (χ4v) is 2.60. The zero-order valence-electron chi connectivity index (χ0n) is 13.4. The van der Waals surface area contributed by atoms with Crippen LogP contribution in [0.4, 0.5) is 0 Å². The van der Waals surface area contributed by atoms with E-state index in [1.807, 2.05) is 12.1 Å². The Morgan fingerprint density at radius 3 is 2.05 bits per heavy atom. The van der Waals surface area contributed by atoms with E-state index in [4.69, 9.17) is 9.47 Å². The molecule has 0 spiro atoms. The summed E-state index contributed by atoms with van der Waals surface area (Å²) in [5.41, 5.74) is 1.26. The maximum atomic E-state index is 5.46. The molecule has 0 saturated carbocycles. The Kier molecular flexibility index (Phi) is 8.93. The van der Waals surface area contributed by atoms with Gasteiger partial charge in [-0.1, -0.05) is 64.0 Å². The number of ether oxygens (including phenoxy) is 2. The third-order valence-corrected chi connectivity index (χ3v) is 3.78. The van der Waals surface area contributed by atoms with E-state index < -0.39 is 0 Å². The molecule has 114 valence electrons. The normalized spacial score (nSPS) is 10.6. The number of hydrogen-bond donors (Lipinski definition) is 0. The Morgan fingerprint density at radius 1 is 0.800 bits per heavy atom. The van der Waals surface area contributed by atoms with Gasteiger partial charge in [-0.3, -0.25) is 0 Å². The smallest absolute Gasteiger partial charge is 0.163 e. The van der Waals surface area contributed by atoms with Crippen molar-refractivity contribution < 1.29 is 9.47 Å². The van der Waals surface area contributed by atoms with Crippen molar-refractivity contribution in [1.29, 1.82) is 0 Å². The molecule has 0 aliphatic heterocycles. The van der Waals surface area contributed by atoms with Crippen molar-refractivity contribution in [2.24, 2.45) is 0 Å². The van der Waals surface area contributed by atoms with Gasteiger partial charge in [0.1, 0.15) is 0 Å². The zero-order chi connectivity index (χ0) is 14.6. The third-order valence-electron chi connectivity index (χ3n) is 3.78. The summed E-state index contributed by atoms with van der Waals surface area (Å²) in [5, 5.41) is 0. The molecule has 0 saturated heterocycles. The SMILES string of the molecule is CCCCCCCCCCc1cccc(OC)c1OC. The molecule has 1 aromatic carbocycles. The lowest BCUT2D eigenvalue weighted by Gasteiger charge is -2.12. The van der Waals surface area contributed by atoms with Gasteiger partial charge in [-0.25, -0.2) is 0 Å². The molecule has 1 aromatic rings. The van der Waals surface area contributed by atoms with Gasteiger partial charge < -0.3 is 9.47 Å². The number of benzene rings is 1. The predicted molar refractivity (Wildman–Crippen MR) is 85.9 cm³/mol. The van der Waals surface area contributed by atoms with E-state index in [0.29, 0.717) is 0 Å². The van der Waals surface area contributed by atoms with E-state index >= 15 is 0 Å². The third kappa shape index (κ3) is 5.85. The number of para-hydroxylation sites is 1. The molecule has 0 fully saturated rings. The molecule has 0 aromatic heterocycles. The van der Waals surface area contributed by atoms with Crippen molar-refractivity contribution in [2.75, 3.05) is 14.2 Å². The van der Waals surface area contributed by atoms with Crippen molar-refractivity contribution in [3.8, 4) is 11.5 Å². The highest BCUT2D eigenvalue weighted by Crippen LogP contribution is 2.31. The molecule has 0 aliphatic rings. The Balaban J connectivity index is 2.25. The first-order valence-electron chi connectivity index (χ1n) is 8.03. The van der Waals surface area contributed by atoms with Gasteiger partial charge in [0.15, 0.2) is 11.5 Å². The highest BCUT2D eigenvalue weighted by molar-refractivity contribution is 5.46. The Labute approximate surface area is 124 Å². The van der Waals surface area contributed by atoms with Crippen molar-refractivity contribution in [1.82, 2.24) is 0 Å². The summed E-state index contributed by atoms with van der Waals surface area (Å²) >= 11 is 0. The molecule has 2 heteroatoms. The largest absolute Gasteiger partial charge is 0.493 e.